The monoisotopic (exact) mass is 362 g/mol. The van der Waals surface area contributed by atoms with E-state index in [4.69, 9.17) is 0 Å². The third-order valence-electron chi connectivity index (χ3n) is 4.25. The van der Waals surface area contributed by atoms with E-state index in [-0.39, 0.29) is 11.8 Å². The zero-order chi connectivity index (χ0) is 19.1. The molecule has 27 heavy (non-hydrogen) atoms. The zero-order valence-electron chi connectivity index (χ0n) is 15.2. The minimum atomic E-state index is -0.228. The van der Waals surface area contributed by atoms with Crippen LogP contribution in [0.5, 0.6) is 0 Å². The Labute approximate surface area is 158 Å². The van der Waals surface area contributed by atoms with E-state index in [1.807, 2.05) is 35.9 Å². The fourth-order valence-electron chi connectivity index (χ4n) is 2.79. The van der Waals surface area contributed by atoms with Crippen LogP contribution in [0.1, 0.15) is 32.7 Å². The van der Waals surface area contributed by atoms with E-state index in [0.29, 0.717) is 23.4 Å². The van der Waals surface area contributed by atoms with Crippen molar-refractivity contribution in [2.75, 3.05) is 11.9 Å². The molecule has 1 aromatic heterocycles. The number of aromatic nitrogens is 2. The molecule has 0 saturated heterocycles. The van der Waals surface area contributed by atoms with Crippen molar-refractivity contribution in [2.24, 2.45) is 0 Å². The van der Waals surface area contributed by atoms with Crippen LogP contribution in [0, 0.1) is 6.92 Å². The number of imidazole rings is 1. The fraction of sp³-hybridized carbons (Fsp3) is 0.190. The molecule has 6 nitrogen and oxygen atoms in total. The number of benzene rings is 2. The molecule has 0 aliphatic rings. The fourth-order valence-corrected chi connectivity index (χ4v) is 2.79. The lowest BCUT2D eigenvalue weighted by atomic mass is 10.1. The van der Waals surface area contributed by atoms with Gasteiger partial charge in [-0.05, 0) is 37.1 Å². The van der Waals surface area contributed by atoms with Crippen molar-refractivity contribution >= 4 is 17.5 Å². The van der Waals surface area contributed by atoms with Crippen LogP contribution in [-0.4, -0.2) is 27.9 Å². The van der Waals surface area contributed by atoms with E-state index in [2.05, 4.69) is 15.6 Å². The standard InChI is InChI=1S/C21H22N4O2/c1-16-7-2-3-8-17(16)21(27)24-19-10-5-4-9-18(19)20(26)23-11-6-13-25-14-12-22-15-25/h2-5,7-10,12,14-15H,6,11,13H2,1H3,(H,23,26)(H,24,27). The molecule has 0 fully saturated rings. The Morgan fingerprint density at radius 2 is 1.74 bits per heavy atom. The lowest BCUT2D eigenvalue weighted by Crippen LogP contribution is -2.26. The second-order valence-corrected chi connectivity index (χ2v) is 6.22. The van der Waals surface area contributed by atoms with Crippen molar-refractivity contribution in [2.45, 2.75) is 19.9 Å². The molecule has 2 aromatic carbocycles. The topological polar surface area (TPSA) is 76.0 Å². The van der Waals surface area contributed by atoms with Gasteiger partial charge in [-0.25, -0.2) is 4.98 Å². The number of carbonyl (C=O) groups excluding carboxylic acids is 2. The summed E-state index contributed by atoms with van der Waals surface area (Å²) in [6.45, 7) is 3.21. The van der Waals surface area contributed by atoms with E-state index < -0.39 is 0 Å². The minimum absolute atomic E-state index is 0.207. The summed E-state index contributed by atoms with van der Waals surface area (Å²) in [5.41, 5.74) is 2.42. The normalized spacial score (nSPS) is 10.4. The predicted molar refractivity (Wildman–Crippen MR) is 105 cm³/mol. The number of para-hydroxylation sites is 1. The molecule has 0 radical (unpaired) electrons. The highest BCUT2D eigenvalue weighted by Gasteiger charge is 2.14. The molecular weight excluding hydrogens is 340 g/mol. The van der Waals surface area contributed by atoms with Crippen molar-refractivity contribution in [3.8, 4) is 0 Å². The quantitative estimate of drug-likeness (QED) is 0.634. The molecule has 6 heteroatoms. The second-order valence-electron chi connectivity index (χ2n) is 6.22. The van der Waals surface area contributed by atoms with E-state index in [1.54, 1.807) is 42.9 Å². The van der Waals surface area contributed by atoms with Gasteiger partial charge in [0.25, 0.3) is 11.8 Å². The Balaban J connectivity index is 1.62. The first kappa shape index (κ1) is 18.4. The maximum atomic E-state index is 12.5. The molecule has 3 rings (SSSR count). The second kappa shape index (κ2) is 8.80. The van der Waals surface area contributed by atoms with Gasteiger partial charge in [-0.3, -0.25) is 9.59 Å². The number of nitrogens with one attached hydrogen (secondary N) is 2. The molecule has 2 amide bonds. The number of amides is 2. The van der Waals surface area contributed by atoms with Crippen LogP contribution in [0.2, 0.25) is 0 Å². The van der Waals surface area contributed by atoms with Gasteiger partial charge in [0.05, 0.1) is 17.6 Å². The zero-order valence-corrected chi connectivity index (χ0v) is 15.2. The summed E-state index contributed by atoms with van der Waals surface area (Å²) >= 11 is 0. The Morgan fingerprint density at radius 1 is 1.00 bits per heavy atom. The maximum absolute atomic E-state index is 12.5. The van der Waals surface area contributed by atoms with Gasteiger partial charge >= 0.3 is 0 Å². The van der Waals surface area contributed by atoms with Crippen LogP contribution in [0.25, 0.3) is 0 Å². The summed E-state index contributed by atoms with van der Waals surface area (Å²) in [6.07, 6.45) is 6.16. The van der Waals surface area contributed by atoms with Crippen molar-refractivity contribution in [1.29, 1.82) is 0 Å². The van der Waals surface area contributed by atoms with Gasteiger partial charge in [-0.1, -0.05) is 30.3 Å². The van der Waals surface area contributed by atoms with E-state index >= 15 is 0 Å². The minimum Gasteiger partial charge on any atom is -0.352 e. The Hall–Kier alpha value is -3.41. The molecule has 138 valence electrons. The summed E-state index contributed by atoms with van der Waals surface area (Å²) in [5, 5.41) is 5.75. The number of anilines is 1. The molecule has 0 saturated carbocycles. The van der Waals surface area contributed by atoms with Crippen LogP contribution in [0.4, 0.5) is 5.69 Å². The summed E-state index contributed by atoms with van der Waals surface area (Å²) in [6, 6.07) is 14.4. The van der Waals surface area contributed by atoms with E-state index in [1.165, 1.54) is 0 Å². The van der Waals surface area contributed by atoms with Gasteiger partial charge in [0.15, 0.2) is 0 Å². The van der Waals surface area contributed by atoms with Gasteiger partial charge in [-0.15, -0.1) is 0 Å². The largest absolute Gasteiger partial charge is 0.352 e. The van der Waals surface area contributed by atoms with E-state index in [9.17, 15) is 9.59 Å². The first-order chi connectivity index (χ1) is 13.1. The number of nitrogens with zero attached hydrogens (tertiary/aromatic N) is 2. The van der Waals surface area contributed by atoms with Gasteiger partial charge in [0.2, 0.25) is 0 Å². The molecule has 0 bridgehead atoms. The lowest BCUT2D eigenvalue weighted by Gasteiger charge is -2.12. The van der Waals surface area contributed by atoms with Crippen molar-refractivity contribution < 1.29 is 9.59 Å². The van der Waals surface area contributed by atoms with Gasteiger partial charge < -0.3 is 15.2 Å². The molecule has 0 aliphatic carbocycles. The first-order valence-corrected chi connectivity index (χ1v) is 8.85. The summed E-state index contributed by atoms with van der Waals surface area (Å²) < 4.78 is 1.96. The highest BCUT2D eigenvalue weighted by molar-refractivity contribution is 6.09. The SMILES string of the molecule is Cc1ccccc1C(=O)Nc1ccccc1C(=O)NCCCn1ccnc1. The molecule has 0 spiro atoms. The summed E-state index contributed by atoms with van der Waals surface area (Å²) in [4.78, 5) is 29.1. The van der Waals surface area contributed by atoms with Crippen LogP contribution >= 0.6 is 0 Å². The van der Waals surface area contributed by atoms with E-state index in [0.717, 1.165) is 18.5 Å². The van der Waals surface area contributed by atoms with Gasteiger partial charge in [0, 0.05) is 31.0 Å². The average molecular weight is 362 g/mol. The van der Waals surface area contributed by atoms with Gasteiger partial charge in [0.1, 0.15) is 0 Å². The number of aryl methyl sites for hydroxylation is 2. The molecule has 0 aliphatic heterocycles. The maximum Gasteiger partial charge on any atom is 0.255 e. The molecule has 0 atom stereocenters. The summed E-state index contributed by atoms with van der Waals surface area (Å²) in [5.74, 6) is -0.435. The Kier molecular flexibility index (Phi) is 5.99. The van der Waals surface area contributed by atoms with Crippen LogP contribution in [-0.2, 0) is 6.54 Å². The average Bonchev–Trinajstić information content (AvgIpc) is 3.19. The van der Waals surface area contributed by atoms with Crippen molar-refractivity contribution in [1.82, 2.24) is 14.9 Å². The number of rotatable bonds is 7. The number of hydrogen-bond donors (Lipinski definition) is 2. The van der Waals surface area contributed by atoms with Crippen molar-refractivity contribution in [3.63, 3.8) is 0 Å². The third kappa shape index (κ3) is 4.82. The number of hydrogen-bond acceptors (Lipinski definition) is 3. The van der Waals surface area contributed by atoms with Crippen LogP contribution in [0.3, 0.4) is 0 Å². The smallest absolute Gasteiger partial charge is 0.255 e. The summed E-state index contributed by atoms with van der Waals surface area (Å²) in [7, 11) is 0. The first-order valence-electron chi connectivity index (χ1n) is 8.85. The Morgan fingerprint density at radius 3 is 2.48 bits per heavy atom. The highest BCUT2D eigenvalue weighted by Crippen LogP contribution is 2.17. The van der Waals surface area contributed by atoms with Crippen LogP contribution < -0.4 is 10.6 Å². The lowest BCUT2D eigenvalue weighted by molar-refractivity contribution is 0.0953. The molecular formula is C21H22N4O2. The molecule has 0 unspecified atom stereocenters. The Bertz CT molecular complexity index is 919. The van der Waals surface area contributed by atoms with Crippen molar-refractivity contribution in [3.05, 3.63) is 83.9 Å². The number of carbonyl (C=O) groups is 2. The predicted octanol–water partition coefficient (Wildman–Crippen LogP) is 3.26. The molecule has 2 N–H and O–H groups in total. The third-order valence-corrected chi connectivity index (χ3v) is 4.25. The highest BCUT2D eigenvalue weighted by atomic mass is 16.2. The molecule has 3 aromatic rings. The van der Waals surface area contributed by atoms with Gasteiger partial charge in [-0.2, -0.15) is 0 Å². The molecule has 1 heterocycles. The van der Waals surface area contributed by atoms with Crippen LogP contribution in [0.15, 0.2) is 67.3 Å².